The molecule has 1 aromatic rings. The van der Waals surface area contributed by atoms with Crippen molar-refractivity contribution < 1.29 is 4.79 Å². The average molecular weight is 270 g/mol. The van der Waals surface area contributed by atoms with E-state index >= 15 is 0 Å². The van der Waals surface area contributed by atoms with Crippen LogP contribution in [0.5, 0.6) is 0 Å². The molecular weight excluding hydrogens is 244 g/mol. The Morgan fingerprint density at radius 2 is 1.70 bits per heavy atom. The van der Waals surface area contributed by atoms with Crippen LogP contribution in [0.15, 0.2) is 24.3 Å². The molecule has 0 bridgehead atoms. The van der Waals surface area contributed by atoms with Crippen LogP contribution in [0.25, 0.3) is 0 Å². The Labute approximate surface area is 122 Å². The van der Waals surface area contributed by atoms with E-state index in [0.717, 1.165) is 38.0 Å². The van der Waals surface area contributed by atoms with E-state index in [4.69, 9.17) is 0 Å². The lowest BCUT2D eigenvalue weighted by atomic mass is 9.72. The highest BCUT2D eigenvalue weighted by Gasteiger charge is 2.32. The van der Waals surface area contributed by atoms with E-state index < -0.39 is 0 Å². The van der Waals surface area contributed by atoms with E-state index in [2.05, 4.69) is 31.2 Å². The first kappa shape index (κ1) is 13.9. The normalized spacial score (nSPS) is 29.8. The molecule has 108 valence electrons. The number of Topliss-reactive ketones (excluding diaryl/α,β-unsaturated/α-hetero) is 1. The van der Waals surface area contributed by atoms with Crippen molar-refractivity contribution in [2.75, 3.05) is 0 Å². The monoisotopic (exact) mass is 270 g/mol. The Hall–Kier alpha value is -1.11. The molecule has 0 aliphatic heterocycles. The van der Waals surface area contributed by atoms with E-state index in [-0.39, 0.29) is 0 Å². The molecule has 2 aliphatic carbocycles. The van der Waals surface area contributed by atoms with Crippen LogP contribution in [0.2, 0.25) is 0 Å². The molecule has 0 radical (unpaired) electrons. The number of hydrogen-bond acceptors (Lipinski definition) is 1. The summed E-state index contributed by atoms with van der Waals surface area (Å²) >= 11 is 0. The molecular formula is C19H26O. The van der Waals surface area contributed by atoms with Crippen LogP contribution < -0.4 is 0 Å². The van der Waals surface area contributed by atoms with E-state index in [1.807, 2.05) is 0 Å². The fraction of sp³-hybridized carbons (Fsp3) is 0.632. The number of ketones is 1. The maximum atomic E-state index is 12.8. The summed E-state index contributed by atoms with van der Waals surface area (Å²) in [6.07, 6.45) is 9.29. The number of hydrogen-bond donors (Lipinski definition) is 0. The summed E-state index contributed by atoms with van der Waals surface area (Å²) in [6, 6.07) is 8.66. The van der Waals surface area contributed by atoms with Gasteiger partial charge in [-0.1, -0.05) is 37.6 Å². The number of carbonyl (C=O) groups is 1. The van der Waals surface area contributed by atoms with E-state index in [9.17, 15) is 4.79 Å². The van der Waals surface area contributed by atoms with Gasteiger partial charge in [0, 0.05) is 11.8 Å². The van der Waals surface area contributed by atoms with Gasteiger partial charge in [-0.05, 0) is 62.0 Å². The number of fused-ring (bicyclic) bond motifs is 1. The van der Waals surface area contributed by atoms with Crippen molar-refractivity contribution >= 4 is 5.78 Å². The summed E-state index contributed by atoms with van der Waals surface area (Å²) < 4.78 is 0. The number of benzene rings is 1. The van der Waals surface area contributed by atoms with Gasteiger partial charge in [-0.15, -0.1) is 0 Å². The molecule has 0 amide bonds. The van der Waals surface area contributed by atoms with E-state index in [0.29, 0.717) is 17.6 Å². The molecule has 2 aliphatic rings. The third-order valence-electron chi connectivity index (χ3n) is 5.58. The molecule has 1 unspecified atom stereocenters. The molecule has 0 saturated heterocycles. The predicted octanol–water partition coefficient (Wildman–Crippen LogP) is 4.58. The van der Waals surface area contributed by atoms with Gasteiger partial charge in [-0.25, -0.2) is 0 Å². The zero-order chi connectivity index (χ0) is 13.9. The minimum absolute atomic E-state index is 0.299. The maximum absolute atomic E-state index is 12.8. The van der Waals surface area contributed by atoms with Crippen molar-refractivity contribution in [3.63, 3.8) is 0 Å². The molecule has 20 heavy (non-hydrogen) atoms. The highest BCUT2D eigenvalue weighted by atomic mass is 16.1. The Morgan fingerprint density at radius 3 is 2.40 bits per heavy atom. The molecule has 1 atom stereocenters. The van der Waals surface area contributed by atoms with Gasteiger partial charge in [0.05, 0.1) is 0 Å². The zero-order valence-electron chi connectivity index (χ0n) is 12.6. The topological polar surface area (TPSA) is 17.1 Å². The standard InChI is InChI=1S/C19H26O/c1-2-14-7-9-16(10-8-14)19(20)18-12-11-15-5-3-4-6-17(15)13-18/h3-6,14,16,18H,2,7-13H2,1H3. The second-order valence-corrected chi connectivity index (χ2v) is 6.74. The van der Waals surface area contributed by atoms with Gasteiger partial charge >= 0.3 is 0 Å². The molecule has 0 aromatic heterocycles. The second-order valence-electron chi connectivity index (χ2n) is 6.74. The minimum atomic E-state index is 0.299. The Balaban J connectivity index is 1.62. The van der Waals surface area contributed by atoms with Crippen molar-refractivity contribution in [3.05, 3.63) is 35.4 Å². The van der Waals surface area contributed by atoms with Crippen LogP contribution in [-0.4, -0.2) is 5.78 Å². The van der Waals surface area contributed by atoms with Crippen molar-refractivity contribution in [3.8, 4) is 0 Å². The molecule has 3 rings (SSSR count). The van der Waals surface area contributed by atoms with E-state index in [1.165, 1.54) is 30.4 Å². The molecule has 1 heteroatoms. The van der Waals surface area contributed by atoms with Gasteiger partial charge in [-0.2, -0.15) is 0 Å². The van der Waals surface area contributed by atoms with Crippen LogP contribution >= 0.6 is 0 Å². The van der Waals surface area contributed by atoms with Gasteiger partial charge in [0.2, 0.25) is 0 Å². The van der Waals surface area contributed by atoms with Gasteiger partial charge in [0.15, 0.2) is 0 Å². The summed E-state index contributed by atoms with van der Waals surface area (Å²) in [5.41, 5.74) is 2.88. The Kier molecular flexibility index (Phi) is 4.24. The number of rotatable bonds is 3. The lowest BCUT2D eigenvalue weighted by molar-refractivity contribution is -0.128. The van der Waals surface area contributed by atoms with Crippen LogP contribution in [0, 0.1) is 17.8 Å². The largest absolute Gasteiger partial charge is 0.299 e. The molecule has 1 nitrogen and oxygen atoms in total. The highest BCUT2D eigenvalue weighted by Crippen LogP contribution is 2.35. The number of aryl methyl sites for hydroxylation is 1. The van der Waals surface area contributed by atoms with Crippen molar-refractivity contribution in [1.82, 2.24) is 0 Å². The zero-order valence-corrected chi connectivity index (χ0v) is 12.6. The number of carbonyl (C=O) groups excluding carboxylic acids is 1. The summed E-state index contributed by atoms with van der Waals surface area (Å²) in [4.78, 5) is 12.8. The third-order valence-corrected chi connectivity index (χ3v) is 5.58. The predicted molar refractivity (Wildman–Crippen MR) is 82.7 cm³/mol. The second kappa shape index (κ2) is 6.11. The third kappa shape index (κ3) is 2.82. The first-order chi connectivity index (χ1) is 9.78. The maximum Gasteiger partial charge on any atom is 0.139 e. The fourth-order valence-corrected chi connectivity index (χ4v) is 4.13. The Morgan fingerprint density at radius 1 is 1.00 bits per heavy atom. The van der Waals surface area contributed by atoms with Gasteiger partial charge < -0.3 is 0 Å². The van der Waals surface area contributed by atoms with Crippen LogP contribution in [0.1, 0.15) is 56.6 Å². The van der Waals surface area contributed by atoms with Crippen LogP contribution in [0.4, 0.5) is 0 Å². The molecule has 0 spiro atoms. The molecule has 0 heterocycles. The summed E-state index contributed by atoms with van der Waals surface area (Å²) in [6.45, 7) is 2.28. The highest BCUT2D eigenvalue weighted by molar-refractivity contribution is 5.84. The minimum Gasteiger partial charge on any atom is -0.299 e. The molecule has 0 N–H and O–H groups in total. The first-order valence-electron chi connectivity index (χ1n) is 8.38. The van der Waals surface area contributed by atoms with Gasteiger partial charge in [-0.3, -0.25) is 4.79 Å². The molecule has 1 fully saturated rings. The quantitative estimate of drug-likeness (QED) is 0.786. The SMILES string of the molecule is CCC1CCC(C(=O)C2CCc3ccccc3C2)CC1. The van der Waals surface area contributed by atoms with Gasteiger partial charge in [0.1, 0.15) is 5.78 Å². The van der Waals surface area contributed by atoms with Gasteiger partial charge in [0.25, 0.3) is 0 Å². The van der Waals surface area contributed by atoms with Crippen molar-refractivity contribution in [1.29, 1.82) is 0 Å². The summed E-state index contributed by atoms with van der Waals surface area (Å²) in [5, 5.41) is 0. The van der Waals surface area contributed by atoms with Crippen molar-refractivity contribution in [2.45, 2.75) is 58.3 Å². The fourth-order valence-electron chi connectivity index (χ4n) is 4.13. The lowest BCUT2D eigenvalue weighted by Crippen LogP contribution is -2.31. The van der Waals surface area contributed by atoms with Crippen LogP contribution in [0.3, 0.4) is 0 Å². The lowest BCUT2D eigenvalue weighted by Gasteiger charge is -2.31. The summed E-state index contributed by atoms with van der Waals surface area (Å²) in [7, 11) is 0. The first-order valence-corrected chi connectivity index (χ1v) is 8.38. The van der Waals surface area contributed by atoms with Crippen LogP contribution in [-0.2, 0) is 17.6 Å². The van der Waals surface area contributed by atoms with E-state index in [1.54, 1.807) is 0 Å². The molecule has 1 aromatic carbocycles. The average Bonchev–Trinajstić information content (AvgIpc) is 2.54. The molecule has 1 saturated carbocycles. The smallest absolute Gasteiger partial charge is 0.139 e. The van der Waals surface area contributed by atoms with Crippen molar-refractivity contribution in [2.24, 2.45) is 17.8 Å². The Bertz CT molecular complexity index is 468. The summed E-state index contributed by atoms with van der Waals surface area (Å²) in [5.74, 6) is 2.13.